The third-order valence-electron chi connectivity index (χ3n) is 4.27. The lowest BCUT2D eigenvalue weighted by molar-refractivity contribution is 0.288. The molecule has 0 unspecified atom stereocenters. The highest BCUT2D eigenvalue weighted by Crippen LogP contribution is 2.34. The maximum absolute atomic E-state index is 6.13. The molecule has 1 saturated carbocycles. The summed E-state index contributed by atoms with van der Waals surface area (Å²) in [5.41, 5.74) is 6.52. The van der Waals surface area contributed by atoms with Crippen molar-refractivity contribution >= 4 is 17.7 Å². The van der Waals surface area contributed by atoms with Crippen LogP contribution in [-0.2, 0) is 0 Å². The van der Waals surface area contributed by atoms with Crippen molar-refractivity contribution in [3.8, 4) is 0 Å². The minimum atomic E-state index is 0.395. The Balaban J connectivity index is 1.87. The zero-order valence-electron chi connectivity index (χ0n) is 11.7. The van der Waals surface area contributed by atoms with Crippen LogP contribution in [0.4, 0.5) is 0 Å². The van der Waals surface area contributed by atoms with Crippen LogP contribution in [0.2, 0.25) is 0 Å². The van der Waals surface area contributed by atoms with Crippen LogP contribution in [-0.4, -0.2) is 42.0 Å². The van der Waals surface area contributed by atoms with Gasteiger partial charge in [0.2, 0.25) is 0 Å². The Hall–Kier alpha value is -0.380. The Morgan fingerprint density at radius 3 is 2.39 bits per heavy atom. The lowest BCUT2D eigenvalue weighted by Crippen LogP contribution is -2.43. The Bertz CT molecular complexity index is 277. The molecule has 1 aliphatic heterocycles. The molecule has 0 aromatic carbocycles. The summed E-state index contributed by atoms with van der Waals surface area (Å²) in [5, 5.41) is 0. The van der Waals surface area contributed by atoms with Crippen molar-refractivity contribution in [1.29, 1.82) is 0 Å². The van der Waals surface area contributed by atoms with Crippen molar-refractivity contribution in [2.75, 3.05) is 31.1 Å². The fourth-order valence-corrected chi connectivity index (χ4v) is 3.81. The van der Waals surface area contributed by atoms with Crippen molar-refractivity contribution in [3.63, 3.8) is 0 Å². The van der Waals surface area contributed by atoms with E-state index in [2.05, 4.69) is 11.8 Å². The van der Waals surface area contributed by atoms with Crippen molar-refractivity contribution in [3.05, 3.63) is 0 Å². The van der Waals surface area contributed by atoms with Gasteiger partial charge in [-0.3, -0.25) is 4.99 Å². The number of nitrogens with two attached hydrogens (primary N) is 1. The van der Waals surface area contributed by atoms with Gasteiger partial charge in [0.25, 0.3) is 0 Å². The average Bonchev–Trinajstić information content (AvgIpc) is 2.62. The van der Waals surface area contributed by atoms with E-state index in [0.717, 1.165) is 25.6 Å². The Labute approximate surface area is 116 Å². The van der Waals surface area contributed by atoms with Gasteiger partial charge in [-0.05, 0) is 18.3 Å². The third kappa shape index (κ3) is 4.08. The normalized spacial score (nSPS) is 25.8. The zero-order chi connectivity index (χ0) is 12.8. The molecule has 1 aliphatic carbocycles. The van der Waals surface area contributed by atoms with Gasteiger partial charge in [-0.15, -0.1) is 0 Å². The predicted octanol–water partition coefficient (Wildman–Crippen LogP) is 2.71. The van der Waals surface area contributed by atoms with Crippen LogP contribution >= 0.6 is 11.8 Å². The van der Waals surface area contributed by atoms with Gasteiger partial charge in [-0.1, -0.05) is 32.6 Å². The van der Waals surface area contributed by atoms with Crippen LogP contribution < -0.4 is 5.73 Å². The van der Waals surface area contributed by atoms with E-state index >= 15 is 0 Å². The number of hydrogen-bond acceptors (Lipinski definition) is 2. The van der Waals surface area contributed by atoms with E-state index in [1.54, 1.807) is 0 Å². The van der Waals surface area contributed by atoms with Gasteiger partial charge in [-0.25, -0.2) is 0 Å². The van der Waals surface area contributed by atoms with Crippen LogP contribution in [0.5, 0.6) is 0 Å². The van der Waals surface area contributed by atoms with Crippen LogP contribution in [0.25, 0.3) is 0 Å². The second-order valence-corrected chi connectivity index (χ2v) is 7.22. The molecule has 1 heterocycles. The second kappa shape index (κ2) is 6.69. The molecule has 0 aromatic rings. The number of nitrogens with zero attached hydrogens (tertiary/aromatic N) is 2. The summed E-state index contributed by atoms with van der Waals surface area (Å²) in [6, 6.07) is 0. The van der Waals surface area contributed by atoms with E-state index in [4.69, 9.17) is 10.7 Å². The quantitative estimate of drug-likeness (QED) is 0.476. The molecule has 4 heteroatoms. The molecular weight excluding hydrogens is 242 g/mol. The van der Waals surface area contributed by atoms with Crippen molar-refractivity contribution in [2.45, 2.75) is 45.4 Å². The lowest BCUT2D eigenvalue weighted by atomic mass is 9.83. The first-order valence-corrected chi connectivity index (χ1v) is 8.48. The van der Waals surface area contributed by atoms with E-state index in [9.17, 15) is 0 Å². The van der Waals surface area contributed by atoms with Gasteiger partial charge < -0.3 is 10.6 Å². The minimum Gasteiger partial charge on any atom is -0.370 e. The Morgan fingerprint density at radius 1 is 1.17 bits per heavy atom. The average molecular weight is 269 g/mol. The van der Waals surface area contributed by atoms with Crippen molar-refractivity contribution < 1.29 is 0 Å². The number of hydrogen-bond donors (Lipinski definition) is 1. The first kappa shape index (κ1) is 14.0. The molecular formula is C14H27N3S. The molecule has 0 amide bonds. The Morgan fingerprint density at radius 2 is 1.78 bits per heavy atom. The van der Waals surface area contributed by atoms with E-state index in [1.807, 2.05) is 11.8 Å². The van der Waals surface area contributed by atoms with Crippen LogP contribution in [0.15, 0.2) is 4.99 Å². The van der Waals surface area contributed by atoms with E-state index in [0.29, 0.717) is 5.41 Å². The Kier molecular flexibility index (Phi) is 5.22. The van der Waals surface area contributed by atoms with Gasteiger partial charge in [0.1, 0.15) is 0 Å². The molecule has 2 N–H and O–H groups in total. The highest BCUT2D eigenvalue weighted by molar-refractivity contribution is 7.99. The SMILES string of the molecule is CC1(CN=C(N)N2CCSCC2)CCCCCC1. The molecule has 0 atom stereocenters. The molecule has 0 spiro atoms. The largest absolute Gasteiger partial charge is 0.370 e. The highest BCUT2D eigenvalue weighted by Gasteiger charge is 2.25. The molecule has 0 bridgehead atoms. The van der Waals surface area contributed by atoms with Gasteiger partial charge in [0, 0.05) is 31.1 Å². The zero-order valence-corrected chi connectivity index (χ0v) is 12.5. The fraction of sp³-hybridized carbons (Fsp3) is 0.929. The summed E-state index contributed by atoms with van der Waals surface area (Å²) in [5.74, 6) is 3.15. The summed E-state index contributed by atoms with van der Waals surface area (Å²) in [6.07, 6.45) is 8.17. The smallest absolute Gasteiger partial charge is 0.191 e. The van der Waals surface area contributed by atoms with Crippen molar-refractivity contribution in [2.24, 2.45) is 16.1 Å². The van der Waals surface area contributed by atoms with Crippen molar-refractivity contribution in [1.82, 2.24) is 4.90 Å². The summed E-state index contributed by atoms with van der Waals surface area (Å²) >= 11 is 2.01. The standard InChI is InChI=1S/C14H27N3S/c1-14(6-4-2-3-5-7-14)12-16-13(15)17-8-10-18-11-9-17/h2-12H2,1H3,(H2,15,16). The van der Waals surface area contributed by atoms with Gasteiger partial charge in [0.05, 0.1) is 0 Å². The monoisotopic (exact) mass is 269 g/mol. The molecule has 2 aliphatic rings. The van der Waals surface area contributed by atoms with Crippen LogP contribution in [0.3, 0.4) is 0 Å². The highest BCUT2D eigenvalue weighted by atomic mass is 32.2. The predicted molar refractivity (Wildman–Crippen MR) is 81.2 cm³/mol. The second-order valence-electron chi connectivity index (χ2n) is 6.00. The third-order valence-corrected chi connectivity index (χ3v) is 5.21. The summed E-state index contributed by atoms with van der Waals surface area (Å²) in [4.78, 5) is 6.94. The van der Waals surface area contributed by atoms with E-state index in [1.165, 1.54) is 50.0 Å². The van der Waals surface area contributed by atoms with E-state index in [-0.39, 0.29) is 0 Å². The topological polar surface area (TPSA) is 41.6 Å². The molecule has 2 rings (SSSR count). The number of rotatable bonds is 2. The first-order valence-electron chi connectivity index (χ1n) is 7.32. The number of thioether (sulfide) groups is 1. The molecule has 18 heavy (non-hydrogen) atoms. The molecule has 1 saturated heterocycles. The summed E-state index contributed by atoms with van der Waals surface area (Å²) in [6.45, 7) is 5.44. The lowest BCUT2D eigenvalue weighted by Gasteiger charge is -2.30. The summed E-state index contributed by atoms with van der Waals surface area (Å²) in [7, 11) is 0. The molecule has 0 aromatic heterocycles. The molecule has 104 valence electrons. The molecule has 0 radical (unpaired) electrons. The maximum atomic E-state index is 6.13. The fourth-order valence-electron chi connectivity index (χ4n) is 2.90. The van der Waals surface area contributed by atoms with Crippen LogP contribution in [0.1, 0.15) is 45.4 Å². The van der Waals surface area contributed by atoms with E-state index < -0.39 is 0 Å². The number of guanidine groups is 1. The van der Waals surface area contributed by atoms with Crippen LogP contribution in [0, 0.1) is 5.41 Å². The first-order chi connectivity index (χ1) is 8.70. The molecule has 2 fully saturated rings. The van der Waals surface area contributed by atoms with Gasteiger partial charge in [0.15, 0.2) is 5.96 Å². The van der Waals surface area contributed by atoms with Gasteiger partial charge in [-0.2, -0.15) is 11.8 Å². The maximum Gasteiger partial charge on any atom is 0.191 e. The number of aliphatic imine (C=N–C) groups is 1. The molecule has 3 nitrogen and oxygen atoms in total. The van der Waals surface area contributed by atoms with Gasteiger partial charge >= 0.3 is 0 Å². The summed E-state index contributed by atoms with van der Waals surface area (Å²) < 4.78 is 0. The minimum absolute atomic E-state index is 0.395.